The van der Waals surface area contributed by atoms with Crippen molar-refractivity contribution in [3.05, 3.63) is 54.1 Å². The van der Waals surface area contributed by atoms with Crippen molar-refractivity contribution in [3.8, 4) is 11.1 Å². The lowest BCUT2D eigenvalue weighted by Gasteiger charge is -2.27. The molecular formula is C19H25ClN2OS. The molecule has 1 heterocycles. The molecule has 0 saturated carbocycles. The van der Waals surface area contributed by atoms with E-state index in [1.807, 2.05) is 12.1 Å². The Labute approximate surface area is 155 Å². The van der Waals surface area contributed by atoms with Crippen LogP contribution in [0, 0.1) is 0 Å². The molecule has 0 aromatic heterocycles. The lowest BCUT2D eigenvalue weighted by atomic mass is 9.99. The second-order valence-electron chi connectivity index (χ2n) is 5.57. The molecule has 2 aromatic carbocycles. The zero-order valence-corrected chi connectivity index (χ0v) is 15.5. The number of rotatable bonds is 4. The lowest BCUT2D eigenvalue weighted by Crippen LogP contribution is -2.35. The highest BCUT2D eigenvalue weighted by atomic mass is 35.5. The summed E-state index contributed by atoms with van der Waals surface area (Å²) in [7, 11) is 0. The van der Waals surface area contributed by atoms with Gasteiger partial charge in [0.2, 0.25) is 0 Å². The van der Waals surface area contributed by atoms with Crippen LogP contribution in [0.5, 0.6) is 0 Å². The van der Waals surface area contributed by atoms with Crippen LogP contribution >= 0.6 is 24.2 Å². The molecular weight excluding hydrogens is 340 g/mol. The van der Waals surface area contributed by atoms with Crippen molar-refractivity contribution in [3.63, 3.8) is 0 Å². The maximum absolute atomic E-state index is 5.42. The molecule has 1 aliphatic heterocycles. The smallest absolute Gasteiger partial charge is 0.0594 e. The fourth-order valence-corrected chi connectivity index (χ4v) is 2.73. The number of hydrogen-bond acceptors (Lipinski definition) is 4. The zero-order chi connectivity index (χ0) is 17.2. The van der Waals surface area contributed by atoms with Crippen molar-refractivity contribution in [2.24, 2.45) is 5.73 Å². The minimum Gasteiger partial charge on any atom is -0.379 e. The highest BCUT2D eigenvalue weighted by molar-refractivity contribution is 7.80. The van der Waals surface area contributed by atoms with Crippen molar-refractivity contribution in [2.45, 2.75) is 11.4 Å². The molecule has 0 unspecified atom stereocenters. The van der Waals surface area contributed by atoms with Gasteiger partial charge >= 0.3 is 0 Å². The molecule has 0 amide bonds. The van der Waals surface area contributed by atoms with Crippen LogP contribution in [0.1, 0.15) is 5.56 Å². The third-order valence-electron chi connectivity index (χ3n) is 3.80. The highest BCUT2D eigenvalue weighted by Crippen LogP contribution is 2.26. The summed E-state index contributed by atoms with van der Waals surface area (Å²) < 4.78 is 5.42. The molecule has 0 radical (unpaired) electrons. The molecule has 2 aromatic rings. The maximum Gasteiger partial charge on any atom is 0.0594 e. The molecule has 130 valence electrons. The molecule has 1 aliphatic rings. The Bertz CT molecular complexity index is 599. The number of nitrogens with two attached hydrogens (primary N) is 1. The van der Waals surface area contributed by atoms with Crippen LogP contribution in [0.4, 0.5) is 0 Å². The summed E-state index contributed by atoms with van der Waals surface area (Å²) in [6.07, 6.45) is 0. The highest BCUT2D eigenvalue weighted by Gasteiger charge is 2.13. The Balaban J connectivity index is 0.000000471. The van der Waals surface area contributed by atoms with E-state index in [4.69, 9.17) is 22.1 Å². The Morgan fingerprint density at radius 2 is 1.67 bits per heavy atom. The molecule has 0 bridgehead atoms. The average Bonchev–Trinajstić information content (AvgIpc) is 2.64. The summed E-state index contributed by atoms with van der Waals surface area (Å²) in [5, 5.41) is 0. The van der Waals surface area contributed by atoms with E-state index in [9.17, 15) is 0 Å². The Hall–Kier alpha value is -1.04. The van der Waals surface area contributed by atoms with Gasteiger partial charge in [0.05, 0.1) is 13.2 Å². The SMILES string of the molecule is NCCCl.Sc1ccc(-c2ccccc2CN2CCOCC2)cc1. The van der Waals surface area contributed by atoms with Gasteiger partial charge in [0.1, 0.15) is 0 Å². The third kappa shape index (κ3) is 6.11. The number of benzene rings is 2. The van der Waals surface area contributed by atoms with Crippen LogP contribution in [0.2, 0.25) is 0 Å². The number of nitrogens with zero attached hydrogens (tertiary/aromatic N) is 1. The van der Waals surface area contributed by atoms with Gasteiger partial charge in [0, 0.05) is 37.0 Å². The van der Waals surface area contributed by atoms with Crippen LogP contribution in [0.15, 0.2) is 53.4 Å². The average molecular weight is 365 g/mol. The quantitative estimate of drug-likeness (QED) is 0.642. The monoisotopic (exact) mass is 364 g/mol. The minimum absolute atomic E-state index is 0.569. The summed E-state index contributed by atoms with van der Waals surface area (Å²) in [4.78, 5) is 3.45. The van der Waals surface area contributed by atoms with E-state index in [-0.39, 0.29) is 0 Å². The fourth-order valence-electron chi connectivity index (χ4n) is 2.58. The largest absolute Gasteiger partial charge is 0.379 e. The number of hydrogen-bond donors (Lipinski definition) is 2. The standard InChI is InChI=1S/C17H19NOS.C2H6ClN/c20-16-7-5-14(6-8-16)17-4-2-1-3-15(17)13-18-9-11-19-12-10-18;3-1-2-4/h1-8,20H,9-13H2;1-2,4H2. The Kier molecular flexibility index (Phi) is 8.64. The molecule has 1 fully saturated rings. The molecule has 3 rings (SSSR count). The lowest BCUT2D eigenvalue weighted by molar-refractivity contribution is 0.0342. The normalized spacial score (nSPS) is 14.8. The van der Waals surface area contributed by atoms with E-state index in [1.165, 1.54) is 16.7 Å². The molecule has 5 heteroatoms. The molecule has 3 nitrogen and oxygen atoms in total. The van der Waals surface area contributed by atoms with Gasteiger partial charge in [-0.2, -0.15) is 0 Å². The molecule has 2 N–H and O–H groups in total. The first kappa shape index (κ1) is 19.3. The predicted molar refractivity (Wildman–Crippen MR) is 105 cm³/mol. The summed E-state index contributed by atoms with van der Waals surface area (Å²) in [6, 6.07) is 17.0. The van der Waals surface area contributed by atoms with Gasteiger partial charge < -0.3 is 10.5 Å². The van der Waals surface area contributed by atoms with Gasteiger partial charge in [0.15, 0.2) is 0 Å². The number of ether oxygens (including phenoxy) is 1. The second-order valence-corrected chi connectivity index (χ2v) is 6.46. The first-order valence-corrected chi connectivity index (χ1v) is 9.16. The molecule has 1 saturated heterocycles. The summed E-state index contributed by atoms with van der Waals surface area (Å²) in [5.74, 6) is 0.569. The van der Waals surface area contributed by atoms with Crippen molar-refractivity contribution in [1.82, 2.24) is 4.90 Å². The van der Waals surface area contributed by atoms with Crippen molar-refractivity contribution in [1.29, 1.82) is 0 Å². The van der Waals surface area contributed by atoms with Gasteiger partial charge in [0.25, 0.3) is 0 Å². The Morgan fingerprint density at radius 1 is 1.04 bits per heavy atom. The molecule has 0 spiro atoms. The van der Waals surface area contributed by atoms with E-state index < -0.39 is 0 Å². The van der Waals surface area contributed by atoms with Gasteiger partial charge in [-0.1, -0.05) is 36.4 Å². The molecule has 24 heavy (non-hydrogen) atoms. The molecule has 0 atom stereocenters. The van der Waals surface area contributed by atoms with Crippen molar-refractivity contribution >= 4 is 24.2 Å². The van der Waals surface area contributed by atoms with Crippen molar-refractivity contribution < 1.29 is 4.74 Å². The van der Waals surface area contributed by atoms with Gasteiger partial charge in [-0.25, -0.2) is 0 Å². The first-order chi connectivity index (χ1) is 11.7. The van der Waals surface area contributed by atoms with Crippen LogP contribution < -0.4 is 5.73 Å². The third-order valence-corrected chi connectivity index (χ3v) is 4.32. The number of halogens is 1. The fraction of sp³-hybridized carbons (Fsp3) is 0.368. The zero-order valence-electron chi connectivity index (χ0n) is 13.8. The van der Waals surface area contributed by atoms with Gasteiger partial charge in [-0.15, -0.1) is 24.2 Å². The van der Waals surface area contributed by atoms with Crippen molar-refractivity contribution in [2.75, 3.05) is 38.7 Å². The predicted octanol–water partition coefficient (Wildman–Crippen LogP) is 3.66. The summed E-state index contributed by atoms with van der Waals surface area (Å²) in [5.41, 5.74) is 8.84. The second kappa shape index (κ2) is 10.7. The number of morpholine rings is 1. The van der Waals surface area contributed by atoms with Crippen LogP contribution in [-0.4, -0.2) is 43.6 Å². The summed E-state index contributed by atoms with van der Waals surface area (Å²) in [6.45, 7) is 5.30. The van der Waals surface area contributed by atoms with Crippen LogP contribution in [-0.2, 0) is 11.3 Å². The van der Waals surface area contributed by atoms with E-state index in [1.54, 1.807) is 0 Å². The van der Waals surface area contributed by atoms with Gasteiger partial charge in [-0.05, 0) is 28.8 Å². The van der Waals surface area contributed by atoms with E-state index >= 15 is 0 Å². The first-order valence-electron chi connectivity index (χ1n) is 8.18. The summed E-state index contributed by atoms with van der Waals surface area (Å²) >= 11 is 9.41. The minimum atomic E-state index is 0.569. The van der Waals surface area contributed by atoms with E-state index in [0.717, 1.165) is 37.7 Å². The molecule has 0 aliphatic carbocycles. The van der Waals surface area contributed by atoms with Crippen LogP contribution in [0.3, 0.4) is 0 Å². The number of alkyl halides is 1. The maximum atomic E-state index is 5.42. The van der Waals surface area contributed by atoms with Crippen LogP contribution in [0.25, 0.3) is 11.1 Å². The van der Waals surface area contributed by atoms with E-state index in [0.29, 0.717) is 12.4 Å². The topological polar surface area (TPSA) is 38.5 Å². The number of thiol groups is 1. The Morgan fingerprint density at radius 3 is 2.29 bits per heavy atom. The van der Waals surface area contributed by atoms with E-state index in [2.05, 4.69) is 53.9 Å². The van der Waals surface area contributed by atoms with Gasteiger partial charge in [-0.3, -0.25) is 4.90 Å².